The molecule has 228 valence electrons. The van der Waals surface area contributed by atoms with Crippen LogP contribution in [-0.2, 0) is 14.2 Å². The van der Waals surface area contributed by atoms with E-state index in [9.17, 15) is 45.6 Å². The number of phenolic OH excluding ortho intramolecular Hbond substituents is 2. The Hall–Kier alpha value is -3.51. The summed E-state index contributed by atoms with van der Waals surface area (Å²) in [6, 6.07) is 8.27. The van der Waals surface area contributed by atoms with Crippen molar-refractivity contribution in [3.63, 3.8) is 0 Å². The van der Waals surface area contributed by atoms with Gasteiger partial charge in [0.25, 0.3) is 0 Å². The third-order valence-corrected chi connectivity index (χ3v) is 7.07. The molecule has 8 N–H and O–H groups in total. The molecule has 2 fully saturated rings. The number of ether oxygens (including phenoxy) is 5. The SMILES string of the molecule is COc1cc2oc(-c3ccc(O)cc3)cc(=O)c2c(O)c1OC1OC(COC2OCC(O)C(O)C2O)C(O)C(O)C1O. The summed E-state index contributed by atoms with van der Waals surface area (Å²) in [5.41, 5.74) is -0.256. The first-order valence-corrected chi connectivity index (χ1v) is 12.8. The minimum Gasteiger partial charge on any atom is -0.508 e. The van der Waals surface area contributed by atoms with Gasteiger partial charge in [0, 0.05) is 17.7 Å². The van der Waals surface area contributed by atoms with Gasteiger partial charge >= 0.3 is 0 Å². The van der Waals surface area contributed by atoms with E-state index in [0.717, 1.165) is 6.07 Å². The van der Waals surface area contributed by atoms with Crippen LogP contribution in [0, 0.1) is 0 Å². The van der Waals surface area contributed by atoms with Gasteiger partial charge in [0.05, 0.1) is 20.3 Å². The monoisotopic (exact) mass is 594 g/mol. The van der Waals surface area contributed by atoms with Crippen molar-refractivity contribution < 1.29 is 69.0 Å². The first kappa shape index (κ1) is 30.0. The summed E-state index contributed by atoms with van der Waals surface area (Å²) in [5.74, 6) is -1.14. The van der Waals surface area contributed by atoms with Crippen LogP contribution in [0.2, 0.25) is 0 Å². The average molecular weight is 595 g/mol. The van der Waals surface area contributed by atoms with E-state index in [1.807, 2.05) is 0 Å². The van der Waals surface area contributed by atoms with E-state index in [-0.39, 0.29) is 34.8 Å². The van der Waals surface area contributed by atoms with Gasteiger partial charge in [-0.15, -0.1) is 0 Å². The third kappa shape index (κ3) is 5.61. The van der Waals surface area contributed by atoms with Crippen molar-refractivity contribution in [1.29, 1.82) is 0 Å². The van der Waals surface area contributed by atoms with E-state index in [1.54, 1.807) is 0 Å². The fraction of sp³-hybridized carbons (Fsp3) is 0.444. The fourth-order valence-electron chi connectivity index (χ4n) is 4.68. The van der Waals surface area contributed by atoms with Crippen LogP contribution in [-0.4, -0.2) is 116 Å². The number of aliphatic hydroxyl groups is 6. The Balaban J connectivity index is 1.40. The van der Waals surface area contributed by atoms with Crippen molar-refractivity contribution in [3.8, 4) is 34.3 Å². The van der Waals surface area contributed by atoms with Gasteiger partial charge in [-0.1, -0.05) is 0 Å². The molecule has 0 bridgehead atoms. The average Bonchev–Trinajstić information content (AvgIpc) is 2.97. The second-order valence-electron chi connectivity index (χ2n) is 9.87. The van der Waals surface area contributed by atoms with Crippen molar-refractivity contribution in [2.75, 3.05) is 20.3 Å². The highest BCUT2D eigenvalue weighted by molar-refractivity contribution is 5.89. The van der Waals surface area contributed by atoms with Crippen molar-refractivity contribution >= 4 is 11.0 Å². The van der Waals surface area contributed by atoms with Crippen LogP contribution in [0.4, 0.5) is 0 Å². The van der Waals surface area contributed by atoms with Gasteiger partial charge in [-0.3, -0.25) is 4.79 Å². The van der Waals surface area contributed by atoms with Crippen molar-refractivity contribution in [1.82, 2.24) is 0 Å². The third-order valence-electron chi connectivity index (χ3n) is 7.07. The Labute approximate surface area is 236 Å². The molecule has 2 saturated heterocycles. The van der Waals surface area contributed by atoms with Crippen LogP contribution < -0.4 is 14.9 Å². The minimum atomic E-state index is -1.85. The summed E-state index contributed by atoms with van der Waals surface area (Å²) in [4.78, 5) is 13.0. The predicted molar refractivity (Wildman–Crippen MR) is 139 cm³/mol. The molecule has 0 saturated carbocycles. The largest absolute Gasteiger partial charge is 0.508 e. The summed E-state index contributed by atoms with van der Waals surface area (Å²) in [6.45, 7) is -0.866. The van der Waals surface area contributed by atoms with E-state index >= 15 is 0 Å². The maximum Gasteiger partial charge on any atom is 0.229 e. The number of hydrogen-bond acceptors (Lipinski definition) is 15. The Bertz CT molecular complexity index is 1460. The maximum absolute atomic E-state index is 13.0. The van der Waals surface area contributed by atoms with Gasteiger partial charge < -0.3 is 69.0 Å². The molecule has 5 rings (SSSR count). The minimum absolute atomic E-state index is 0.0140. The Morgan fingerprint density at radius 2 is 1.57 bits per heavy atom. The molecule has 42 heavy (non-hydrogen) atoms. The standard InChI is InChI=1S/C27H30O15/c1-37-16-7-15-18(12(29)6-14(40-15)10-2-4-11(28)5-3-10)21(33)25(16)42-27-24(36)22(34)20(32)17(41-27)9-39-26-23(35)19(31)13(30)8-38-26/h2-7,13,17,19-20,22-24,26-28,30-36H,8-9H2,1H3. The van der Waals surface area contributed by atoms with E-state index in [0.29, 0.717) is 5.56 Å². The second kappa shape index (κ2) is 12.0. The molecule has 3 heterocycles. The summed E-state index contributed by atoms with van der Waals surface area (Å²) >= 11 is 0. The van der Waals surface area contributed by atoms with E-state index in [4.69, 9.17) is 28.1 Å². The zero-order valence-corrected chi connectivity index (χ0v) is 22.0. The molecule has 9 unspecified atom stereocenters. The number of phenols is 2. The smallest absolute Gasteiger partial charge is 0.229 e. The van der Waals surface area contributed by atoms with Crippen molar-refractivity contribution in [3.05, 3.63) is 46.6 Å². The summed E-state index contributed by atoms with van der Waals surface area (Å²) in [6.07, 6.45) is -14.4. The number of hydrogen-bond donors (Lipinski definition) is 8. The van der Waals surface area contributed by atoms with E-state index in [1.165, 1.54) is 37.4 Å². The molecule has 2 aromatic carbocycles. The first-order valence-electron chi connectivity index (χ1n) is 12.8. The van der Waals surface area contributed by atoms with Gasteiger partial charge in [0.1, 0.15) is 65.2 Å². The quantitative estimate of drug-likeness (QED) is 0.156. The lowest BCUT2D eigenvalue weighted by Crippen LogP contribution is -2.61. The first-order chi connectivity index (χ1) is 20.0. The molecule has 0 amide bonds. The van der Waals surface area contributed by atoms with Gasteiger partial charge in [-0.2, -0.15) is 0 Å². The Morgan fingerprint density at radius 1 is 0.881 bits per heavy atom. The Morgan fingerprint density at radius 3 is 2.26 bits per heavy atom. The molecule has 0 aliphatic carbocycles. The zero-order chi connectivity index (χ0) is 30.3. The number of benzene rings is 2. The number of aromatic hydroxyl groups is 2. The summed E-state index contributed by atoms with van der Waals surface area (Å²) < 4.78 is 32.9. The molecular weight excluding hydrogens is 564 g/mol. The predicted octanol–water partition coefficient (Wildman–Crippen LogP) is -1.48. The molecule has 3 aromatic rings. The summed E-state index contributed by atoms with van der Waals surface area (Å²) in [7, 11) is 1.24. The van der Waals surface area contributed by atoms with Crippen LogP contribution in [0.25, 0.3) is 22.3 Å². The number of rotatable bonds is 7. The molecule has 0 radical (unpaired) electrons. The van der Waals surface area contributed by atoms with Gasteiger partial charge in [-0.25, -0.2) is 0 Å². The molecule has 9 atom stereocenters. The lowest BCUT2D eigenvalue weighted by molar-refractivity contribution is -0.307. The molecule has 1 aromatic heterocycles. The number of fused-ring (bicyclic) bond motifs is 1. The number of aliphatic hydroxyl groups excluding tert-OH is 6. The number of methoxy groups -OCH3 is 1. The summed E-state index contributed by atoms with van der Waals surface area (Å²) in [5, 5.41) is 81.2. The van der Waals surface area contributed by atoms with Crippen molar-refractivity contribution in [2.45, 2.75) is 55.3 Å². The van der Waals surface area contributed by atoms with Crippen LogP contribution in [0.5, 0.6) is 23.0 Å². The topological polar surface area (TPSA) is 238 Å². The molecule has 15 nitrogen and oxygen atoms in total. The zero-order valence-electron chi connectivity index (χ0n) is 22.0. The normalized spacial score (nSPS) is 31.6. The fourth-order valence-corrected chi connectivity index (χ4v) is 4.68. The highest BCUT2D eigenvalue weighted by Gasteiger charge is 2.47. The lowest BCUT2D eigenvalue weighted by Gasteiger charge is -2.41. The highest BCUT2D eigenvalue weighted by atomic mass is 16.7. The van der Waals surface area contributed by atoms with Gasteiger partial charge in [0.2, 0.25) is 12.0 Å². The highest BCUT2D eigenvalue weighted by Crippen LogP contribution is 2.44. The molecule has 15 heteroatoms. The second-order valence-corrected chi connectivity index (χ2v) is 9.87. The van der Waals surface area contributed by atoms with Crippen LogP contribution in [0.15, 0.2) is 45.6 Å². The van der Waals surface area contributed by atoms with Crippen LogP contribution in [0.3, 0.4) is 0 Å². The van der Waals surface area contributed by atoms with Crippen molar-refractivity contribution in [2.24, 2.45) is 0 Å². The molecule has 2 aliphatic rings. The maximum atomic E-state index is 13.0. The molecule has 0 spiro atoms. The molecular formula is C27H30O15. The van der Waals surface area contributed by atoms with Crippen LogP contribution in [0.1, 0.15) is 0 Å². The van der Waals surface area contributed by atoms with Crippen LogP contribution >= 0.6 is 0 Å². The Kier molecular flexibility index (Phi) is 8.56. The molecule has 2 aliphatic heterocycles. The van der Waals surface area contributed by atoms with E-state index < -0.39 is 78.8 Å². The van der Waals surface area contributed by atoms with Gasteiger partial charge in [-0.05, 0) is 24.3 Å². The van der Waals surface area contributed by atoms with E-state index in [2.05, 4.69) is 0 Å². The van der Waals surface area contributed by atoms with Gasteiger partial charge in [0.15, 0.2) is 23.2 Å². The lowest BCUT2D eigenvalue weighted by atomic mass is 9.99.